The van der Waals surface area contributed by atoms with E-state index < -0.39 is 11.4 Å². The molecule has 0 spiro atoms. The fourth-order valence-electron chi connectivity index (χ4n) is 5.57. The highest BCUT2D eigenvalue weighted by Crippen LogP contribution is 2.42. The topological polar surface area (TPSA) is 66.4 Å². The van der Waals surface area contributed by atoms with Crippen molar-refractivity contribution >= 4 is 11.9 Å². The molecule has 4 nitrogen and oxygen atoms in total. The van der Waals surface area contributed by atoms with E-state index in [0.717, 1.165) is 38.0 Å². The van der Waals surface area contributed by atoms with Gasteiger partial charge in [0, 0.05) is 6.04 Å². The summed E-state index contributed by atoms with van der Waals surface area (Å²) in [4.78, 5) is 25.1. The zero-order valence-electron chi connectivity index (χ0n) is 15.1. The molecule has 136 valence electrons. The van der Waals surface area contributed by atoms with Crippen LogP contribution in [0.2, 0.25) is 0 Å². The van der Waals surface area contributed by atoms with Crippen molar-refractivity contribution in [3.8, 4) is 0 Å². The fraction of sp³-hybridized carbons (Fsp3) is 0.900. The third-order valence-corrected chi connectivity index (χ3v) is 7.23. The van der Waals surface area contributed by atoms with Gasteiger partial charge in [0.25, 0.3) is 0 Å². The molecule has 4 unspecified atom stereocenters. The second kappa shape index (κ2) is 7.45. The summed E-state index contributed by atoms with van der Waals surface area (Å²) in [7, 11) is 0. The number of amides is 1. The van der Waals surface area contributed by atoms with Crippen LogP contribution in [0.1, 0.15) is 84.0 Å². The average Bonchev–Trinajstić information content (AvgIpc) is 2.61. The Balaban J connectivity index is 1.71. The summed E-state index contributed by atoms with van der Waals surface area (Å²) < 4.78 is 0. The molecule has 0 bridgehead atoms. The third kappa shape index (κ3) is 3.34. The zero-order chi connectivity index (χ0) is 17.2. The Bertz CT molecular complexity index is 470. The highest BCUT2D eigenvalue weighted by Gasteiger charge is 2.49. The van der Waals surface area contributed by atoms with Crippen LogP contribution < -0.4 is 5.32 Å². The molecule has 3 aliphatic rings. The van der Waals surface area contributed by atoms with Crippen molar-refractivity contribution < 1.29 is 14.7 Å². The van der Waals surface area contributed by atoms with Gasteiger partial charge >= 0.3 is 5.97 Å². The Kier molecular flexibility index (Phi) is 5.51. The molecule has 0 aromatic carbocycles. The number of aliphatic carboxylic acids is 1. The third-order valence-electron chi connectivity index (χ3n) is 7.23. The van der Waals surface area contributed by atoms with Crippen LogP contribution in [0, 0.1) is 23.2 Å². The lowest BCUT2D eigenvalue weighted by Crippen LogP contribution is -2.55. The van der Waals surface area contributed by atoms with E-state index in [2.05, 4.69) is 5.32 Å². The minimum atomic E-state index is -1.26. The molecule has 0 saturated heterocycles. The first-order valence-electron chi connectivity index (χ1n) is 10.1. The van der Waals surface area contributed by atoms with Crippen molar-refractivity contribution in [2.45, 2.75) is 90.0 Å². The second-order valence-electron chi connectivity index (χ2n) is 8.56. The van der Waals surface area contributed by atoms with Crippen molar-refractivity contribution in [3.63, 3.8) is 0 Å². The van der Waals surface area contributed by atoms with Gasteiger partial charge in [0.1, 0.15) is 5.41 Å². The number of nitrogens with one attached hydrogen (secondary N) is 1. The normalized spacial score (nSPS) is 34.0. The molecule has 3 rings (SSSR count). The van der Waals surface area contributed by atoms with Crippen molar-refractivity contribution in [1.82, 2.24) is 5.32 Å². The molecule has 2 N–H and O–H groups in total. The number of carbonyl (C=O) groups excluding carboxylic acids is 1. The van der Waals surface area contributed by atoms with Crippen molar-refractivity contribution in [1.29, 1.82) is 0 Å². The van der Waals surface area contributed by atoms with Crippen molar-refractivity contribution in [3.05, 3.63) is 0 Å². The van der Waals surface area contributed by atoms with Gasteiger partial charge in [0.2, 0.25) is 5.91 Å². The smallest absolute Gasteiger partial charge is 0.319 e. The van der Waals surface area contributed by atoms with Crippen LogP contribution in [0.4, 0.5) is 0 Å². The molecule has 3 fully saturated rings. The van der Waals surface area contributed by atoms with Crippen LogP contribution in [0.25, 0.3) is 0 Å². The summed E-state index contributed by atoms with van der Waals surface area (Å²) in [5.74, 6) is 0.125. The van der Waals surface area contributed by atoms with Gasteiger partial charge in [0.05, 0.1) is 0 Å². The Morgan fingerprint density at radius 1 is 0.875 bits per heavy atom. The summed E-state index contributed by atoms with van der Waals surface area (Å²) in [6.07, 6.45) is 13.5. The quantitative estimate of drug-likeness (QED) is 0.759. The molecule has 0 aliphatic heterocycles. The molecular weight excluding hydrogens is 302 g/mol. The van der Waals surface area contributed by atoms with Crippen LogP contribution in [-0.4, -0.2) is 23.0 Å². The van der Waals surface area contributed by atoms with Crippen LogP contribution >= 0.6 is 0 Å². The maximum Gasteiger partial charge on any atom is 0.319 e. The summed E-state index contributed by atoms with van der Waals surface area (Å²) in [6.45, 7) is 1.67. The lowest BCUT2D eigenvalue weighted by atomic mass is 9.67. The number of carboxylic acid groups (broad SMARTS) is 1. The molecule has 4 atom stereocenters. The van der Waals surface area contributed by atoms with E-state index in [0.29, 0.717) is 5.92 Å². The Labute approximate surface area is 145 Å². The number of hydrogen-bond acceptors (Lipinski definition) is 2. The molecule has 0 heterocycles. The molecule has 3 aliphatic carbocycles. The number of rotatable bonds is 4. The fourth-order valence-corrected chi connectivity index (χ4v) is 5.57. The summed E-state index contributed by atoms with van der Waals surface area (Å²) in [5.41, 5.74) is -1.26. The molecule has 0 radical (unpaired) electrons. The van der Waals surface area contributed by atoms with Crippen molar-refractivity contribution in [2.75, 3.05) is 0 Å². The first-order valence-corrected chi connectivity index (χ1v) is 10.1. The second-order valence-corrected chi connectivity index (χ2v) is 8.56. The molecule has 0 aromatic rings. The SMILES string of the molecule is CC(C(=O)O)(C(=O)NC1CCCC2CCCCC21)C1CCCCC1. The molecule has 3 saturated carbocycles. The van der Waals surface area contributed by atoms with Crippen LogP contribution in [0.3, 0.4) is 0 Å². The number of fused-ring (bicyclic) bond motifs is 1. The summed E-state index contributed by atoms with van der Waals surface area (Å²) in [5, 5.41) is 13.1. The predicted octanol–water partition coefficient (Wildman–Crippen LogP) is 4.13. The molecule has 4 heteroatoms. The maximum atomic E-state index is 13.1. The number of carboxylic acids is 1. The van der Waals surface area contributed by atoms with Gasteiger partial charge in [-0.3, -0.25) is 9.59 Å². The Hall–Kier alpha value is -1.06. The number of hydrogen-bond donors (Lipinski definition) is 2. The predicted molar refractivity (Wildman–Crippen MR) is 93.5 cm³/mol. The molecular formula is C20H33NO3. The van der Waals surface area contributed by atoms with Crippen LogP contribution in [0.5, 0.6) is 0 Å². The van der Waals surface area contributed by atoms with Gasteiger partial charge in [-0.2, -0.15) is 0 Å². The van der Waals surface area contributed by atoms with Gasteiger partial charge in [0.15, 0.2) is 0 Å². The lowest BCUT2D eigenvalue weighted by molar-refractivity contribution is -0.160. The minimum Gasteiger partial charge on any atom is -0.480 e. The van der Waals surface area contributed by atoms with Gasteiger partial charge in [-0.25, -0.2) is 0 Å². The van der Waals surface area contributed by atoms with Gasteiger partial charge in [-0.05, 0) is 50.4 Å². The molecule has 24 heavy (non-hydrogen) atoms. The standard InChI is InChI=1S/C20H33NO3/c1-20(19(23)24,15-10-3-2-4-11-15)18(22)21-17-13-7-9-14-8-5-6-12-16(14)17/h14-17H,2-13H2,1H3,(H,21,22)(H,23,24). The van der Waals surface area contributed by atoms with Crippen LogP contribution in [-0.2, 0) is 9.59 Å². The van der Waals surface area contributed by atoms with Gasteiger partial charge in [-0.1, -0.05) is 51.4 Å². The average molecular weight is 335 g/mol. The van der Waals surface area contributed by atoms with Crippen LogP contribution in [0.15, 0.2) is 0 Å². The Morgan fingerprint density at radius 3 is 2.21 bits per heavy atom. The summed E-state index contributed by atoms with van der Waals surface area (Å²) in [6, 6.07) is 0.193. The first kappa shape index (κ1) is 17.8. The van der Waals surface area contributed by atoms with E-state index in [1.807, 2.05) is 0 Å². The maximum absolute atomic E-state index is 13.1. The van der Waals surface area contributed by atoms with Gasteiger partial charge in [-0.15, -0.1) is 0 Å². The van der Waals surface area contributed by atoms with E-state index in [9.17, 15) is 14.7 Å². The first-order chi connectivity index (χ1) is 11.5. The number of carbonyl (C=O) groups is 2. The molecule has 0 aromatic heterocycles. The molecule has 1 amide bonds. The largest absolute Gasteiger partial charge is 0.480 e. The summed E-state index contributed by atoms with van der Waals surface area (Å²) >= 11 is 0. The van der Waals surface area contributed by atoms with E-state index >= 15 is 0 Å². The monoisotopic (exact) mass is 335 g/mol. The van der Waals surface area contributed by atoms with E-state index in [4.69, 9.17) is 0 Å². The van der Waals surface area contributed by atoms with E-state index in [-0.39, 0.29) is 17.9 Å². The lowest BCUT2D eigenvalue weighted by Gasteiger charge is -2.43. The van der Waals surface area contributed by atoms with E-state index in [1.54, 1.807) is 6.92 Å². The van der Waals surface area contributed by atoms with Gasteiger partial charge < -0.3 is 10.4 Å². The Morgan fingerprint density at radius 2 is 1.50 bits per heavy atom. The van der Waals surface area contributed by atoms with Crippen molar-refractivity contribution in [2.24, 2.45) is 23.2 Å². The zero-order valence-corrected chi connectivity index (χ0v) is 15.1. The highest BCUT2D eigenvalue weighted by molar-refractivity contribution is 6.02. The highest BCUT2D eigenvalue weighted by atomic mass is 16.4. The minimum absolute atomic E-state index is 0.0190. The van der Waals surface area contributed by atoms with E-state index in [1.165, 1.54) is 44.9 Å².